The van der Waals surface area contributed by atoms with Crippen molar-refractivity contribution in [2.45, 2.75) is 42.9 Å². The van der Waals surface area contributed by atoms with Gasteiger partial charge in [0.25, 0.3) is 11.3 Å². The Morgan fingerprint density at radius 1 is 1.19 bits per heavy atom. The van der Waals surface area contributed by atoms with Gasteiger partial charge in [0.15, 0.2) is 18.4 Å². The second-order valence-corrected chi connectivity index (χ2v) is 10.2. The molecule has 37 heavy (non-hydrogen) atoms. The van der Waals surface area contributed by atoms with Crippen LogP contribution in [0.1, 0.15) is 6.23 Å². The van der Waals surface area contributed by atoms with Crippen LogP contribution in [-0.2, 0) is 37.0 Å². The number of hydrogen-bond acceptors (Lipinski definition) is 15. The summed E-state index contributed by atoms with van der Waals surface area (Å²) in [6.07, 6.45) is -14.0. The summed E-state index contributed by atoms with van der Waals surface area (Å²) in [4.78, 5) is 76.3. The number of nitrogens with one attached hydrogen (secondary N) is 1. The number of phosphoric acid groups is 2. The Morgan fingerprint density at radius 2 is 1.81 bits per heavy atom. The third-order valence-corrected chi connectivity index (χ3v) is 6.82. The van der Waals surface area contributed by atoms with Crippen molar-refractivity contribution >= 4 is 27.4 Å². The summed E-state index contributed by atoms with van der Waals surface area (Å²) in [6.45, 7) is -2.33. The van der Waals surface area contributed by atoms with Gasteiger partial charge in [0, 0.05) is 12.3 Å². The monoisotopic (exact) mass is 582 g/mol. The van der Waals surface area contributed by atoms with Crippen molar-refractivity contribution < 1.29 is 77.2 Å². The topological polar surface area (TPSA) is 322 Å². The van der Waals surface area contributed by atoms with Crippen LogP contribution in [0.15, 0.2) is 21.9 Å². The first-order valence-electron chi connectivity index (χ1n) is 9.76. The number of ketones is 1. The molecule has 0 saturated carbocycles. The highest BCUT2D eigenvalue weighted by Gasteiger charge is 2.50. The quantitative estimate of drug-likeness (QED) is 0.0630. The fraction of sp³-hybridized carbons (Fsp3) is 0.600. The van der Waals surface area contributed by atoms with Crippen LogP contribution in [-0.4, -0.2) is 111 Å². The molecule has 2 heterocycles. The number of aromatic amines is 1. The molecular weight excluding hydrogens is 560 g/mol. The van der Waals surface area contributed by atoms with Gasteiger partial charge in [-0.1, -0.05) is 0 Å². The zero-order chi connectivity index (χ0) is 28.3. The smallest absolute Gasteiger partial charge is 0.451 e. The molecule has 1 fully saturated rings. The summed E-state index contributed by atoms with van der Waals surface area (Å²) in [7, 11) is -11.0. The van der Waals surface area contributed by atoms with Crippen molar-refractivity contribution in [1.82, 2.24) is 9.55 Å². The van der Waals surface area contributed by atoms with Gasteiger partial charge in [0.2, 0.25) is 0 Å². The highest BCUT2D eigenvalue weighted by atomic mass is 31.3. The van der Waals surface area contributed by atoms with Gasteiger partial charge in [0.1, 0.15) is 24.4 Å². The molecule has 1 aliphatic rings. The Hall–Kier alpha value is -2.16. The predicted octanol–water partition coefficient (Wildman–Crippen LogP) is -5.42. The molecule has 1 saturated heterocycles. The van der Waals surface area contributed by atoms with E-state index in [4.69, 9.17) is 24.4 Å². The van der Waals surface area contributed by atoms with Crippen molar-refractivity contribution in [3.63, 3.8) is 0 Å². The zero-order valence-corrected chi connectivity index (χ0v) is 19.9. The molecule has 1 aromatic heterocycles. The lowest BCUT2D eigenvalue weighted by atomic mass is 10.0. The number of ether oxygens (including phenoxy) is 2. The number of nitrogens with zero attached hydrogens (tertiary/aromatic N) is 1. The summed E-state index contributed by atoms with van der Waals surface area (Å²) in [6, 6.07) is 0.825. The van der Waals surface area contributed by atoms with Gasteiger partial charge in [-0.25, -0.2) is 18.7 Å². The Bertz CT molecular complexity index is 1190. The molecule has 22 heteroatoms. The summed E-state index contributed by atoms with van der Waals surface area (Å²) < 4.78 is 41.1. The van der Waals surface area contributed by atoms with Gasteiger partial charge >= 0.3 is 27.3 Å². The van der Waals surface area contributed by atoms with Gasteiger partial charge in [-0.15, -0.1) is 0 Å². The first-order chi connectivity index (χ1) is 17.0. The fourth-order valence-electron chi connectivity index (χ4n) is 2.96. The number of carbonyl (C=O) groups is 2. The van der Waals surface area contributed by atoms with Gasteiger partial charge in [-0.2, -0.15) is 4.31 Å². The Balaban J connectivity index is 2.30. The Labute approximate surface area is 204 Å². The SMILES string of the molecule is O=C(O[C@H]1[C@@H](O)[C@H](n2ccc(=O)[nH]c2=O)O[C@@H]1[14CH2]OP(=O)(O)OP(=O)(O)O)C(=O)[C@H](O)[C@H](O)[C@@H](O)CO. The van der Waals surface area contributed by atoms with E-state index in [2.05, 4.69) is 8.83 Å². The largest absolute Gasteiger partial charge is 0.481 e. The number of rotatable bonds is 12. The molecule has 1 aliphatic heterocycles. The summed E-state index contributed by atoms with van der Waals surface area (Å²) >= 11 is 0. The minimum atomic E-state index is -5.54. The van der Waals surface area contributed by atoms with Gasteiger partial charge in [0.05, 0.1) is 13.2 Å². The molecule has 20 nitrogen and oxygen atoms in total. The average molecular weight is 582 g/mol. The van der Waals surface area contributed by atoms with Gasteiger partial charge in [-0.05, 0) is 0 Å². The lowest BCUT2D eigenvalue weighted by Gasteiger charge is -2.23. The molecule has 8 atom stereocenters. The van der Waals surface area contributed by atoms with E-state index in [0.29, 0.717) is 4.57 Å². The van der Waals surface area contributed by atoms with E-state index in [-0.39, 0.29) is 0 Å². The normalized spacial score (nSPS) is 26.2. The van der Waals surface area contributed by atoms with Crippen molar-refractivity contribution in [3.05, 3.63) is 33.1 Å². The van der Waals surface area contributed by atoms with Crippen LogP contribution in [0.2, 0.25) is 0 Å². The number of phosphoric ester groups is 1. The van der Waals surface area contributed by atoms with E-state index in [0.717, 1.165) is 12.3 Å². The zero-order valence-electron chi connectivity index (χ0n) is 18.1. The van der Waals surface area contributed by atoms with Crippen molar-refractivity contribution in [2.24, 2.45) is 0 Å². The van der Waals surface area contributed by atoms with Gasteiger partial charge < -0.3 is 49.7 Å². The first kappa shape index (κ1) is 31.1. The van der Waals surface area contributed by atoms with E-state index in [1.165, 1.54) is 0 Å². The molecule has 0 amide bonds. The summed E-state index contributed by atoms with van der Waals surface area (Å²) in [5, 5.41) is 48.0. The number of esters is 1. The van der Waals surface area contributed by atoms with Crippen molar-refractivity contribution in [3.8, 4) is 0 Å². The van der Waals surface area contributed by atoms with Crippen LogP contribution in [0.4, 0.5) is 0 Å². The highest BCUT2D eigenvalue weighted by molar-refractivity contribution is 7.60. The number of aromatic nitrogens is 2. The van der Waals surface area contributed by atoms with E-state index in [1.54, 1.807) is 0 Å². The number of carbonyl (C=O) groups excluding carboxylic acids is 2. The average Bonchev–Trinajstić information content (AvgIpc) is 3.09. The number of hydrogen-bond donors (Lipinski definition) is 9. The molecule has 0 bridgehead atoms. The highest BCUT2D eigenvalue weighted by Crippen LogP contribution is 2.57. The third kappa shape index (κ3) is 8.16. The lowest BCUT2D eigenvalue weighted by molar-refractivity contribution is -0.171. The standard InChI is InChI=1S/C15H22N2O18P2/c18-3-5(19)8(21)9(22)10(23)14(25)34-12-6(4-32-37(30,31)35-36(27,28)29)33-13(11(12)24)17-2-1-7(20)16-15(17)26/h1-2,5-6,8-9,11-13,18-19,21-22,24H,3-4H2,(H,30,31)(H,16,20,26)(H2,27,28,29)/t5-,6+,8+,9+,11+,12+,13+/m0/s1/i4+2. The molecule has 0 spiro atoms. The lowest BCUT2D eigenvalue weighted by Crippen LogP contribution is -2.48. The Morgan fingerprint density at radius 3 is 2.35 bits per heavy atom. The number of aliphatic hydroxyl groups is 5. The first-order valence-corrected chi connectivity index (χ1v) is 12.8. The molecule has 1 unspecified atom stereocenters. The number of aliphatic hydroxyl groups excluding tert-OH is 5. The third-order valence-electron chi connectivity index (χ3n) is 4.66. The molecule has 2 rings (SSSR count). The van der Waals surface area contributed by atoms with E-state index in [1.807, 2.05) is 4.98 Å². The van der Waals surface area contributed by atoms with Crippen LogP contribution in [0.5, 0.6) is 0 Å². The fourth-order valence-corrected chi connectivity index (χ4v) is 4.56. The molecule has 0 aromatic carbocycles. The summed E-state index contributed by atoms with van der Waals surface area (Å²) in [5.41, 5.74) is -2.00. The van der Waals surface area contributed by atoms with Crippen molar-refractivity contribution in [1.29, 1.82) is 0 Å². The minimum Gasteiger partial charge on any atom is -0.451 e. The number of Topliss-reactive ketones (excluding diaryl/α,β-unsaturated/α-hetero) is 1. The minimum absolute atomic E-state index is 0.579. The molecule has 210 valence electrons. The van der Waals surface area contributed by atoms with Crippen LogP contribution >= 0.6 is 15.6 Å². The van der Waals surface area contributed by atoms with E-state index in [9.17, 15) is 53.6 Å². The van der Waals surface area contributed by atoms with E-state index >= 15 is 0 Å². The molecule has 1 aromatic rings. The maximum atomic E-state index is 12.2. The van der Waals surface area contributed by atoms with Crippen molar-refractivity contribution in [2.75, 3.05) is 13.2 Å². The molecule has 0 aliphatic carbocycles. The molecule has 0 radical (unpaired) electrons. The number of H-pyrrole nitrogens is 1. The van der Waals surface area contributed by atoms with Gasteiger partial charge in [-0.3, -0.25) is 23.7 Å². The van der Waals surface area contributed by atoms with E-state index < -0.39 is 94.7 Å². The predicted molar refractivity (Wildman–Crippen MR) is 110 cm³/mol. The molecule has 9 N–H and O–H groups in total. The van der Waals surface area contributed by atoms with Crippen LogP contribution in [0, 0.1) is 0 Å². The second kappa shape index (κ2) is 12.1. The summed E-state index contributed by atoms with van der Waals surface area (Å²) in [5.74, 6) is -3.84. The second-order valence-electron chi connectivity index (χ2n) is 7.33. The maximum absolute atomic E-state index is 12.2. The van der Waals surface area contributed by atoms with Crippen LogP contribution in [0.25, 0.3) is 0 Å². The maximum Gasteiger partial charge on any atom is 0.481 e. The Kier molecular flexibility index (Phi) is 10.2. The van der Waals surface area contributed by atoms with Crippen LogP contribution < -0.4 is 11.2 Å². The molecular formula is C15H22N2O18P2. The van der Waals surface area contributed by atoms with Crippen LogP contribution in [0.3, 0.4) is 0 Å².